The number of hydrogen-bond donors (Lipinski definition) is 1. The van der Waals surface area contributed by atoms with Crippen molar-refractivity contribution in [1.29, 1.82) is 0 Å². The quantitative estimate of drug-likeness (QED) is 0.774. The standard InChI is InChI=1S/C18H18FN5O/c1-12(2)13-7-9-14(10-8-13)18-21-23-24(22-18)11-17(25)20-16-6-4-3-5-15(16)19/h3-10,12H,11H2,1-2H3,(H,20,25). The van der Waals surface area contributed by atoms with Gasteiger partial charge in [0.2, 0.25) is 11.7 Å². The Bertz CT molecular complexity index is 873. The minimum absolute atomic E-state index is 0.122. The molecule has 0 aliphatic rings. The molecule has 1 aromatic heterocycles. The average Bonchev–Trinajstić information content (AvgIpc) is 3.05. The van der Waals surface area contributed by atoms with Crippen molar-refractivity contribution in [3.63, 3.8) is 0 Å². The Hall–Kier alpha value is -3.09. The maximum atomic E-state index is 13.5. The summed E-state index contributed by atoms with van der Waals surface area (Å²) in [6.07, 6.45) is 0. The fraction of sp³-hybridized carbons (Fsp3) is 0.222. The van der Waals surface area contributed by atoms with Crippen LogP contribution >= 0.6 is 0 Å². The molecule has 1 amide bonds. The molecule has 3 rings (SSSR count). The third-order valence-corrected chi connectivity index (χ3v) is 3.72. The predicted octanol–water partition coefficient (Wildman–Crippen LogP) is 3.24. The smallest absolute Gasteiger partial charge is 0.248 e. The first-order valence-corrected chi connectivity index (χ1v) is 7.95. The summed E-state index contributed by atoms with van der Waals surface area (Å²) in [6, 6.07) is 13.9. The third kappa shape index (κ3) is 4.06. The first-order chi connectivity index (χ1) is 12.0. The van der Waals surface area contributed by atoms with Crippen LogP contribution < -0.4 is 5.32 Å². The maximum Gasteiger partial charge on any atom is 0.248 e. The van der Waals surface area contributed by atoms with Gasteiger partial charge < -0.3 is 5.32 Å². The Labute approximate surface area is 144 Å². The molecule has 0 unspecified atom stereocenters. The molecular formula is C18H18FN5O. The number of rotatable bonds is 5. The van der Waals surface area contributed by atoms with Gasteiger partial charge in [0.15, 0.2) is 0 Å². The minimum Gasteiger partial charge on any atom is -0.322 e. The van der Waals surface area contributed by atoms with E-state index in [-0.39, 0.29) is 12.2 Å². The molecular weight excluding hydrogens is 321 g/mol. The van der Waals surface area contributed by atoms with Gasteiger partial charge in [0, 0.05) is 5.56 Å². The molecule has 2 aromatic carbocycles. The van der Waals surface area contributed by atoms with Crippen molar-refractivity contribution in [2.45, 2.75) is 26.3 Å². The zero-order chi connectivity index (χ0) is 17.8. The van der Waals surface area contributed by atoms with Crippen molar-refractivity contribution in [3.05, 3.63) is 59.9 Å². The molecule has 3 aromatic rings. The first-order valence-electron chi connectivity index (χ1n) is 7.95. The number of benzene rings is 2. The van der Waals surface area contributed by atoms with E-state index < -0.39 is 11.7 Å². The summed E-state index contributed by atoms with van der Waals surface area (Å²) in [4.78, 5) is 13.2. The van der Waals surface area contributed by atoms with Crippen LogP contribution in [-0.2, 0) is 11.3 Å². The molecule has 0 saturated heterocycles. The fourth-order valence-corrected chi connectivity index (χ4v) is 2.32. The molecule has 0 aliphatic heterocycles. The summed E-state index contributed by atoms with van der Waals surface area (Å²) >= 11 is 0. The van der Waals surface area contributed by atoms with Gasteiger partial charge in [0.25, 0.3) is 0 Å². The summed E-state index contributed by atoms with van der Waals surface area (Å²) in [6.45, 7) is 4.10. The van der Waals surface area contributed by atoms with Gasteiger partial charge in [-0.15, -0.1) is 10.2 Å². The van der Waals surface area contributed by atoms with Crippen LogP contribution in [0.3, 0.4) is 0 Å². The zero-order valence-electron chi connectivity index (χ0n) is 14.0. The highest BCUT2D eigenvalue weighted by Crippen LogP contribution is 2.19. The van der Waals surface area contributed by atoms with Crippen LogP contribution in [0.2, 0.25) is 0 Å². The number of tetrazole rings is 1. The number of carbonyl (C=O) groups is 1. The van der Waals surface area contributed by atoms with Gasteiger partial charge in [-0.1, -0.05) is 50.2 Å². The van der Waals surface area contributed by atoms with Crippen molar-refractivity contribution in [2.75, 3.05) is 5.32 Å². The summed E-state index contributed by atoms with van der Waals surface area (Å²) in [5, 5.41) is 14.5. The van der Waals surface area contributed by atoms with Gasteiger partial charge in [-0.25, -0.2) is 4.39 Å². The zero-order valence-corrected chi connectivity index (χ0v) is 14.0. The second-order valence-electron chi connectivity index (χ2n) is 5.95. The highest BCUT2D eigenvalue weighted by molar-refractivity contribution is 5.90. The highest BCUT2D eigenvalue weighted by Gasteiger charge is 2.11. The van der Waals surface area contributed by atoms with E-state index in [2.05, 4.69) is 34.6 Å². The lowest BCUT2D eigenvalue weighted by molar-refractivity contribution is -0.117. The van der Waals surface area contributed by atoms with E-state index in [0.717, 1.165) is 5.56 Å². The Morgan fingerprint density at radius 2 is 1.88 bits per heavy atom. The first kappa shape index (κ1) is 16.8. The average molecular weight is 339 g/mol. The topological polar surface area (TPSA) is 72.7 Å². The molecule has 0 saturated carbocycles. The van der Waals surface area contributed by atoms with E-state index in [1.165, 1.54) is 22.5 Å². The second kappa shape index (κ2) is 7.21. The Balaban J connectivity index is 1.67. The van der Waals surface area contributed by atoms with Gasteiger partial charge in [0.1, 0.15) is 12.4 Å². The normalized spacial score (nSPS) is 10.9. The molecule has 0 atom stereocenters. The van der Waals surface area contributed by atoms with Crippen molar-refractivity contribution < 1.29 is 9.18 Å². The highest BCUT2D eigenvalue weighted by atomic mass is 19.1. The third-order valence-electron chi connectivity index (χ3n) is 3.72. The molecule has 128 valence electrons. The summed E-state index contributed by atoms with van der Waals surface area (Å²) in [5.74, 6) is -0.0358. The number of anilines is 1. The number of carbonyl (C=O) groups excluding carboxylic acids is 1. The van der Waals surface area contributed by atoms with E-state index in [4.69, 9.17) is 0 Å². The van der Waals surface area contributed by atoms with Gasteiger partial charge in [-0.05, 0) is 28.8 Å². The van der Waals surface area contributed by atoms with Crippen LogP contribution in [0.15, 0.2) is 48.5 Å². The molecule has 1 N–H and O–H groups in total. The second-order valence-corrected chi connectivity index (χ2v) is 5.95. The molecule has 0 spiro atoms. The van der Waals surface area contributed by atoms with Gasteiger partial charge >= 0.3 is 0 Å². The molecule has 25 heavy (non-hydrogen) atoms. The van der Waals surface area contributed by atoms with E-state index in [0.29, 0.717) is 11.7 Å². The number of hydrogen-bond acceptors (Lipinski definition) is 4. The van der Waals surface area contributed by atoms with Crippen LogP contribution in [0.5, 0.6) is 0 Å². The monoisotopic (exact) mass is 339 g/mol. The fourth-order valence-electron chi connectivity index (χ4n) is 2.32. The molecule has 1 heterocycles. The lowest BCUT2D eigenvalue weighted by Gasteiger charge is -2.05. The summed E-state index contributed by atoms with van der Waals surface area (Å²) in [5.41, 5.74) is 2.17. The summed E-state index contributed by atoms with van der Waals surface area (Å²) < 4.78 is 13.5. The summed E-state index contributed by atoms with van der Waals surface area (Å²) in [7, 11) is 0. The predicted molar refractivity (Wildman–Crippen MR) is 92.4 cm³/mol. The number of para-hydroxylation sites is 1. The molecule has 6 nitrogen and oxygen atoms in total. The van der Waals surface area contributed by atoms with Crippen LogP contribution in [0.25, 0.3) is 11.4 Å². The van der Waals surface area contributed by atoms with Gasteiger partial charge in [0.05, 0.1) is 5.69 Å². The van der Waals surface area contributed by atoms with Crippen molar-refractivity contribution in [1.82, 2.24) is 20.2 Å². The molecule has 0 aliphatic carbocycles. The van der Waals surface area contributed by atoms with E-state index >= 15 is 0 Å². The number of amides is 1. The van der Waals surface area contributed by atoms with Crippen molar-refractivity contribution >= 4 is 11.6 Å². The lowest BCUT2D eigenvalue weighted by atomic mass is 10.0. The van der Waals surface area contributed by atoms with E-state index in [1.54, 1.807) is 12.1 Å². The van der Waals surface area contributed by atoms with Crippen LogP contribution in [0.1, 0.15) is 25.3 Å². The van der Waals surface area contributed by atoms with E-state index in [9.17, 15) is 9.18 Å². The van der Waals surface area contributed by atoms with Crippen molar-refractivity contribution in [2.24, 2.45) is 0 Å². The Kier molecular flexibility index (Phi) is 4.83. The van der Waals surface area contributed by atoms with Crippen molar-refractivity contribution in [3.8, 4) is 11.4 Å². The number of nitrogens with one attached hydrogen (secondary N) is 1. The minimum atomic E-state index is -0.492. The Morgan fingerprint density at radius 3 is 2.56 bits per heavy atom. The largest absolute Gasteiger partial charge is 0.322 e. The SMILES string of the molecule is CC(C)c1ccc(-c2nnn(CC(=O)Nc3ccccc3F)n2)cc1. The molecule has 0 radical (unpaired) electrons. The van der Waals surface area contributed by atoms with Crippen LogP contribution in [-0.4, -0.2) is 26.1 Å². The van der Waals surface area contributed by atoms with Crippen LogP contribution in [0.4, 0.5) is 10.1 Å². The number of aromatic nitrogens is 4. The maximum absolute atomic E-state index is 13.5. The molecule has 0 fully saturated rings. The Morgan fingerprint density at radius 1 is 1.16 bits per heavy atom. The molecule has 7 heteroatoms. The van der Waals surface area contributed by atoms with Gasteiger partial charge in [-0.2, -0.15) is 4.80 Å². The lowest BCUT2D eigenvalue weighted by Crippen LogP contribution is -2.21. The van der Waals surface area contributed by atoms with E-state index in [1.807, 2.05) is 24.3 Å². The number of halogens is 1. The number of nitrogens with zero attached hydrogens (tertiary/aromatic N) is 4. The van der Waals surface area contributed by atoms with Gasteiger partial charge in [-0.3, -0.25) is 4.79 Å². The molecule has 0 bridgehead atoms. The van der Waals surface area contributed by atoms with Crippen LogP contribution in [0, 0.1) is 5.82 Å².